The van der Waals surface area contributed by atoms with E-state index in [1.54, 1.807) is 24.8 Å². The monoisotopic (exact) mass is 450 g/mol. The van der Waals surface area contributed by atoms with Crippen molar-refractivity contribution >= 4 is 34.1 Å². The number of anilines is 1. The van der Waals surface area contributed by atoms with Crippen LogP contribution in [0, 0.1) is 6.92 Å². The van der Waals surface area contributed by atoms with Crippen LogP contribution in [0.15, 0.2) is 41.6 Å². The first-order valence-corrected chi connectivity index (χ1v) is 11.3. The number of aryl methyl sites for hydroxylation is 1. The van der Waals surface area contributed by atoms with E-state index in [0.29, 0.717) is 21.3 Å². The van der Waals surface area contributed by atoms with E-state index in [9.17, 15) is 13.6 Å². The van der Waals surface area contributed by atoms with Gasteiger partial charge in [-0.25, -0.2) is 9.97 Å². The van der Waals surface area contributed by atoms with Crippen molar-refractivity contribution in [1.82, 2.24) is 14.5 Å². The van der Waals surface area contributed by atoms with Gasteiger partial charge in [0, 0.05) is 29.6 Å². The summed E-state index contributed by atoms with van der Waals surface area (Å²) in [7, 11) is 0. The third kappa shape index (κ3) is 4.55. The SMILES string of the molecule is Cc1nc(NC(=O)c2ccccc2SC[C@H]2CCCO2)sc1-c1nccn1C(F)F. The van der Waals surface area contributed by atoms with Crippen LogP contribution >= 0.6 is 23.1 Å². The van der Waals surface area contributed by atoms with Crippen LogP contribution in [-0.4, -0.2) is 38.9 Å². The summed E-state index contributed by atoms with van der Waals surface area (Å²) >= 11 is 2.72. The highest BCUT2D eigenvalue weighted by Gasteiger charge is 2.21. The minimum Gasteiger partial charge on any atom is -0.377 e. The second-order valence-corrected chi connectivity index (χ2v) is 8.83. The number of benzene rings is 1. The number of alkyl halides is 2. The number of nitrogens with zero attached hydrogens (tertiary/aromatic N) is 3. The van der Waals surface area contributed by atoms with E-state index >= 15 is 0 Å². The number of hydrogen-bond donors (Lipinski definition) is 1. The van der Waals surface area contributed by atoms with Gasteiger partial charge in [0.1, 0.15) is 0 Å². The van der Waals surface area contributed by atoms with Crippen molar-refractivity contribution in [3.8, 4) is 10.7 Å². The fraction of sp³-hybridized carbons (Fsp3) is 0.350. The predicted octanol–water partition coefficient (Wildman–Crippen LogP) is 5.23. The van der Waals surface area contributed by atoms with Gasteiger partial charge in [0.2, 0.25) is 0 Å². The number of hydrogen-bond acceptors (Lipinski definition) is 6. The molecule has 4 rings (SSSR count). The van der Waals surface area contributed by atoms with Crippen molar-refractivity contribution in [2.75, 3.05) is 17.7 Å². The van der Waals surface area contributed by atoms with Crippen molar-refractivity contribution in [3.05, 3.63) is 47.9 Å². The molecule has 3 aromatic rings. The maximum atomic E-state index is 13.2. The Hall–Kier alpha value is -2.30. The molecule has 10 heteroatoms. The van der Waals surface area contributed by atoms with Gasteiger partial charge in [-0.15, -0.1) is 11.8 Å². The molecule has 0 radical (unpaired) electrons. The molecule has 3 heterocycles. The largest absolute Gasteiger partial charge is 0.377 e. The number of amides is 1. The van der Waals surface area contributed by atoms with Gasteiger partial charge in [-0.1, -0.05) is 23.5 Å². The van der Waals surface area contributed by atoms with Crippen LogP contribution in [0.25, 0.3) is 10.7 Å². The Labute approximate surface area is 180 Å². The van der Waals surface area contributed by atoms with Crippen LogP contribution in [-0.2, 0) is 4.74 Å². The first kappa shape index (κ1) is 21.0. The number of halogens is 2. The number of nitrogens with one attached hydrogen (secondary N) is 1. The Kier molecular flexibility index (Phi) is 6.45. The third-order valence-electron chi connectivity index (χ3n) is 4.68. The normalized spacial score (nSPS) is 16.3. The molecule has 1 N–H and O–H groups in total. The average Bonchev–Trinajstić information content (AvgIpc) is 3.47. The first-order valence-electron chi connectivity index (χ1n) is 9.46. The summed E-state index contributed by atoms with van der Waals surface area (Å²) in [5.41, 5.74) is 1.08. The Morgan fingerprint density at radius 3 is 3.03 bits per heavy atom. The maximum absolute atomic E-state index is 13.2. The van der Waals surface area contributed by atoms with Crippen LogP contribution in [0.4, 0.5) is 13.9 Å². The smallest absolute Gasteiger partial charge is 0.320 e. The van der Waals surface area contributed by atoms with Gasteiger partial charge < -0.3 is 4.74 Å². The second kappa shape index (κ2) is 9.23. The predicted molar refractivity (Wildman–Crippen MR) is 113 cm³/mol. The Morgan fingerprint density at radius 2 is 2.27 bits per heavy atom. The van der Waals surface area contributed by atoms with E-state index < -0.39 is 6.55 Å². The molecule has 2 aromatic heterocycles. The summed E-state index contributed by atoms with van der Waals surface area (Å²) in [5, 5.41) is 3.14. The van der Waals surface area contributed by atoms with Crippen molar-refractivity contribution in [3.63, 3.8) is 0 Å². The number of thioether (sulfide) groups is 1. The molecule has 0 aliphatic carbocycles. The maximum Gasteiger partial charge on any atom is 0.320 e. The van der Waals surface area contributed by atoms with Crippen LogP contribution < -0.4 is 5.32 Å². The minimum atomic E-state index is -2.70. The molecule has 0 spiro atoms. The number of carbonyl (C=O) groups is 1. The van der Waals surface area contributed by atoms with Crippen molar-refractivity contribution in [2.45, 2.75) is 37.3 Å². The van der Waals surface area contributed by atoms with Gasteiger partial charge in [0.05, 0.1) is 22.2 Å². The number of ether oxygens (including phenoxy) is 1. The zero-order chi connectivity index (χ0) is 21.1. The minimum absolute atomic E-state index is 0.132. The highest BCUT2D eigenvalue weighted by Crippen LogP contribution is 2.34. The molecular formula is C20H20F2N4O2S2. The molecule has 0 unspecified atom stereocenters. The van der Waals surface area contributed by atoms with Crippen molar-refractivity contribution < 1.29 is 18.3 Å². The van der Waals surface area contributed by atoms with Gasteiger partial charge in [0.25, 0.3) is 5.91 Å². The lowest BCUT2D eigenvalue weighted by molar-refractivity contribution is 0.0720. The lowest BCUT2D eigenvalue weighted by Crippen LogP contribution is -2.14. The zero-order valence-electron chi connectivity index (χ0n) is 16.2. The van der Waals surface area contributed by atoms with Crippen LogP contribution in [0.2, 0.25) is 0 Å². The molecule has 1 atom stereocenters. The van der Waals surface area contributed by atoms with Crippen molar-refractivity contribution in [1.29, 1.82) is 0 Å². The molecular weight excluding hydrogens is 430 g/mol. The molecule has 0 bridgehead atoms. The Morgan fingerprint density at radius 1 is 1.43 bits per heavy atom. The quantitative estimate of drug-likeness (QED) is 0.499. The van der Waals surface area contributed by atoms with Crippen molar-refractivity contribution in [2.24, 2.45) is 0 Å². The third-order valence-corrected chi connectivity index (χ3v) is 6.95. The molecule has 1 fully saturated rings. The molecule has 0 saturated carbocycles. The Balaban J connectivity index is 1.50. The molecule has 1 saturated heterocycles. The van der Waals surface area contributed by atoms with E-state index in [1.165, 1.54) is 12.4 Å². The van der Waals surface area contributed by atoms with E-state index in [-0.39, 0.29) is 17.8 Å². The summed E-state index contributed by atoms with van der Waals surface area (Å²) in [4.78, 5) is 22.6. The number of thiazole rings is 1. The topological polar surface area (TPSA) is 69.0 Å². The van der Waals surface area contributed by atoms with E-state index in [2.05, 4.69) is 15.3 Å². The summed E-state index contributed by atoms with van der Waals surface area (Å²) < 4.78 is 32.8. The molecule has 158 valence electrons. The number of carbonyl (C=O) groups excluding carboxylic acids is 1. The standard InChI is InChI=1S/C20H20F2N4O2S2/c1-12-16(17-23-8-9-26(17)19(21)22)30-20(24-12)25-18(27)14-6-2-3-7-15(14)29-11-13-5-4-10-28-13/h2-3,6-9,13,19H,4-5,10-11H2,1H3,(H,24,25,27)/t13-/m1/s1. The van der Waals surface area contributed by atoms with Gasteiger partial charge in [0.15, 0.2) is 11.0 Å². The van der Waals surface area contributed by atoms with Crippen LogP contribution in [0.1, 0.15) is 35.4 Å². The highest BCUT2D eigenvalue weighted by molar-refractivity contribution is 7.99. The zero-order valence-corrected chi connectivity index (χ0v) is 17.8. The molecule has 1 aromatic carbocycles. The van der Waals surface area contributed by atoms with E-state index in [1.807, 2.05) is 18.2 Å². The molecule has 6 nitrogen and oxygen atoms in total. The lowest BCUT2D eigenvalue weighted by Gasteiger charge is -2.11. The Bertz CT molecular complexity index is 1030. The van der Waals surface area contributed by atoms with E-state index in [4.69, 9.17) is 4.74 Å². The number of imidazole rings is 1. The molecule has 1 aliphatic rings. The van der Waals surface area contributed by atoms with Gasteiger partial charge >= 0.3 is 6.55 Å². The molecule has 30 heavy (non-hydrogen) atoms. The average molecular weight is 451 g/mol. The van der Waals surface area contributed by atoms with Gasteiger partial charge in [-0.2, -0.15) is 8.78 Å². The number of aromatic nitrogens is 3. The first-order chi connectivity index (χ1) is 14.5. The summed E-state index contributed by atoms with van der Waals surface area (Å²) in [6, 6.07) is 7.37. The summed E-state index contributed by atoms with van der Waals surface area (Å²) in [6.45, 7) is -0.199. The van der Waals surface area contributed by atoms with E-state index in [0.717, 1.165) is 46.0 Å². The lowest BCUT2D eigenvalue weighted by atomic mass is 10.2. The molecule has 1 aliphatic heterocycles. The second-order valence-electron chi connectivity index (χ2n) is 6.77. The number of rotatable bonds is 7. The molecule has 1 amide bonds. The summed E-state index contributed by atoms with van der Waals surface area (Å²) in [5.74, 6) is 0.636. The van der Waals surface area contributed by atoms with Crippen LogP contribution in [0.5, 0.6) is 0 Å². The highest BCUT2D eigenvalue weighted by atomic mass is 32.2. The fourth-order valence-electron chi connectivity index (χ4n) is 3.21. The fourth-order valence-corrected chi connectivity index (χ4v) is 5.29. The van der Waals surface area contributed by atoms with Gasteiger partial charge in [-0.05, 0) is 31.9 Å². The van der Waals surface area contributed by atoms with Gasteiger partial charge in [-0.3, -0.25) is 14.7 Å². The van der Waals surface area contributed by atoms with Crippen LogP contribution in [0.3, 0.4) is 0 Å². The summed E-state index contributed by atoms with van der Waals surface area (Å²) in [6.07, 6.45) is 4.87.